The van der Waals surface area contributed by atoms with Crippen molar-refractivity contribution in [2.24, 2.45) is 4.99 Å². The van der Waals surface area contributed by atoms with Crippen LogP contribution < -0.4 is 0 Å². The van der Waals surface area contributed by atoms with Gasteiger partial charge in [-0.15, -0.1) is 0 Å². The van der Waals surface area contributed by atoms with Gasteiger partial charge in [0.25, 0.3) is 0 Å². The van der Waals surface area contributed by atoms with Gasteiger partial charge in [0.15, 0.2) is 0 Å². The van der Waals surface area contributed by atoms with Crippen LogP contribution in [0.2, 0.25) is 0 Å². The zero-order valence-electron chi connectivity index (χ0n) is 7.83. The number of aromatic amines is 1. The summed E-state index contributed by atoms with van der Waals surface area (Å²) in [4.78, 5) is 7.58. The first-order valence-corrected chi connectivity index (χ1v) is 4.35. The fourth-order valence-electron chi connectivity index (χ4n) is 1.33. The van der Waals surface area contributed by atoms with E-state index in [4.69, 9.17) is 0 Å². The molecule has 0 atom stereocenters. The Labute approximate surface area is 77.7 Å². The predicted molar refractivity (Wildman–Crippen MR) is 55.8 cm³/mol. The highest BCUT2D eigenvalue weighted by Crippen LogP contribution is 2.13. The molecule has 0 saturated heterocycles. The second-order valence-electron chi connectivity index (χ2n) is 3.25. The zero-order chi connectivity index (χ0) is 9.26. The predicted octanol–water partition coefficient (Wildman–Crippen LogP) is 2.69. The summed E-state index contributed by atoms with van der Waals surface area (Å²) >= 11 is 0. The SMILES string of the molecule is CC1=NC(=Cc2ccc(C)[nH]2)C=C1. The Bertz CT molecular complexity index is 405. The molecule has 0 aromatic carbocycles. The third-order valence-corrected chi connectivity index (χ3v) is 1.96. The second-order valence-corrected chi connectivity index (χ2v) is 3.25. The average molecular weight is 172 g/mol. The Kier molecular flexibility index (Phi) is 1.89. The van der Waals surface area contributed by atoms with Gasteiger partial charge >= 0.3 is 0 Å². The van der Waals surface area contributed by atoms with Crippen LogP contribution in [0.25, 0.3) is 6.08 Å². The molecule has 1 aliphatic heterocycles. The largest absolute Gasteiger partial charge is 0.359 e. The zero-order valence-corrected chi connectivity index (χ0v) is 7.83. The van der Waals surface area contributed by atoms with E-state index in [-0.39, 0.29) is 0 Å². The summed E-state index contributed by atoms with van der Waals surface area (Å²) in [6, 6.07) is 4.11. The van der Waals surface area contributed by atoms with E-state index in [2.05, 4.69) is 22.1 Å². The molecule has 1 N–H and O–H groups in total. The summed E-state index contributed by atoms with van der Waals surface area (Å²) < 4.78 is 0. The molecule has 2 rings (SSSR count). The van der Waals surface area contributed by atoms with Gasteiger partial charge in [0.1, 0.15) is 0 Å². The van der Waals surface area contributed by atoms with Crippen LogP contribution in [-0.2, 0) is 0 Å². The molecule has 1 aliphatic rings. The van der Waals surface area contributed by atoms with Crippen LogP contribution in [0.1, 0.15) is 18.3 Å². The van der Waals surface area contributed by atoms with Crippen LogP contribution in [0.5, 0.6) is 0 Å². The molecule has 0 spiro atoms. The van der Waals surface area contributed by atoms with Crippen molar-refractivity contribution in [3.63, 3.8) is 0 Å². The lowest BCUT2D eigenvalue weighted by molar-refractivity contribution is 1.24. The molecule has 13 heavy (non-hydrogen) atoms. The fourth-order valence-corrected chi connectivity index (χ4v) is 1.33. The molecule has 0 saturated carbocycles. The van der Waals surface area contributed by atoms with E-state index in [1.807, 2.05) is 32.1 Å². The minimum Gasteiger partial charge on any atom is -0.359 e. The summed E-state index contributed by atoms with van der Waals surface area (Å²) in [6.07, 6.45) is 6.08. The first-order valence-electron chi connectivity index (χ1n) is 4.35. The van der Waals surface area contributed by atoms with Gasteiger partial charge in [0.05, 0.1) is 5.70 Å². The van der Waals surface area contributed by atoms with Crippen molar-refractivity contribution in [1.82, 2.24) is 4.98 Å². The van der Waals surface area contributed by atoms with Crippen molar-refractivity contribution in [3.05, 3.63) is 41.4 Å². The Hall–Kier alpha value is -1.57. The number of hydrogen-bond acceptors (Lipinski definition) is 1. The number of rotatable bonds is 1. The monoisotopic (exact) mass is 172 g/mol. The number of hydrogen-bond donors (Lipinski definition) is 1. The number of allylic oxidation sites excluding steroid dienone is 2. The van der Waals surface area contributed by atoms with E-state index >= 15 is 0 Å². The highest BCUT2D eigenvalue weighted by molar-refractivity contribution is 5.97. The summed E-state index contributed by atoms with van der Waals surface area (Å²) in [5.41, 5.74) is 4.36. The van der Waals surface area contributed by atoms with E-state index in [0.29, 0.717) is 0 Å². The molecule has 0 aliphatic carbocycles. The van der Waals surface area contributed by atoms with E-state index < -0.39 is 0 Å². The molecule has 0 radical (unpaired) electrons. The lowest BCUT2D eigenvalue weighted by Gasteiger charge is -1.89. The first-order chi connectivity index (χ1) is 6.24. The number of aliphatic imine (C=N–C) groups is 1. The Morgan fingerprint density at radius 2 is 2.08 bits per heavy atom. The van der Waals surface area contributed by atoms with Crippen LogP contribution in [0.4, 0.5) is 0 Å². The number of nitrogens with one attached hydrogen (secondary N) is 1. The third-order valence-electron chi connectivity index (χ3n) is 1.96. The summed E-state index contributed by atoms with van der Waals surface area (Å²) in [5, 5.41) is 0. The van der Waals surface area contributed by atoms with Gasteiger partial charge in [-0.3, -0.25) is 4.99 Å². The standard InChI is InChI=1S/C11H12N2/c1-8-3-5-10(12-8)7-11-6-4-9(2)13-11/h3-7,12H,1-2H3. The molecular formula is C11H12N2. The fraction of sp³-hybridized carbons (Fsp3) is 0.182. The van der Waals surface area contributed by atoms with E-state index in [1.165, 1.54) is 5.69 Å². The van der Waals surface area contributed by atoms with Crippen LogP contribution in [0.3, 0.4) is 0 Å². The quantitative estimate of drug-likeness (QED) is 0.674. The lowest BCUT2D eigenvalue weighted by Crippen LogP contribution is -1.76. The van der Waals surface area contributed by atoms with E-state index in [1.54, 1.807) is 0 Å². The van der Waals surface area contributed by atoms with E-state index in [9.17, 15) is 0 Å². The van der Waals surface area contributed by atoms with Crippen molar-refractivity contribution >= 4 is 11.8 Å². The highest BCUT2D eigenvalue weighted by Gasteiger charge is 1.99. The number of H-pyrrole nitrogens is 1. The van der Waals surface area contributed by atoms with Crippen molar-refractivity contribution in [2.75, 3.05) is 0 Å². The number of nitrogens with zero attached hydrogens (tertiary/aromatic N) is 1. The van der Waals surface area contributed by atoms with Gasteiger partial charge in [-0.25, -0.2) is 0 Å². The molecule has 1 aromatic rings. The summed E-state index contributed by atoms with van der Waals surface area (Å²) in [5.74, 6) is 0. The van der Waals surface area contributed by atoms with Gasteiger partial charge in [-0.05, 0) is 44.2 Å². The summed E-state index contributed by atoms with van der Waals surface area (Å²) in [7, 11) is 0. The highest BCUT2D eigenvalue weighted by atomic mass is 14.8. The molecule has 0 bridgehead atoms. The van der Waals surface area contributed by atoms with Crippen LogP contribution >= 0.6 is 0 Å². The van der Waals surface area contributed by atoms with Crippen molar-refractivity contribution in [2.45, 2.75) is 13.8 Å². The first kappa shape index (κ1) is 8.05. The third kappa shape index (κ3) is 1.78. The van der Waals surface area contributed by atoms with Crippen molar-refractivity contribution in [3.8, 4) is 0 Å². The molecular weight excluding hydrogens is 160 g/mol. The van der Waals surface area contributed by atoms with Crippen LogP contribution in [0.15, 0.2) is 35.0 Å². The Balaban J connectivity index is 2.27. The molecule has 0 amide bonds. The molecule has 1 aromatic heterocycles. The number of aromatic nitrogens is 1. The minimum absolute atomic E-state index is 1.01. The Morgan fingerprint density at radius 1 is 1.23 bits per heavy atom. The normalized spacial score (nSPS) is 18.3. The lowest BCUT2D eigenvalue weighted by atomic mass is 10.3. The summed E-state index contributed by atoms with van der Waals surface area (Å²) in [6.45, 7) is 4.04. The maximum absolute atomic E-state index is 4.34. The number of aryl methyl sites for hydroxylation is 1. The maximum Gasteiger partial charge on any atom is 0.0654 e. The van der Waals surface area contributed by atoms with Gasteiger partial charge < -0.3 is 4.98 Å². The van der Waals surface area contributed by atoms with Gasteiger partial charge in [0.2, 0.25) is 0 Å². The molecule has 0 unspecified atom stereocenters. The maximum atomic E-state index is 4.34. The van der Waals surface area contributed by atoms with Gasteiger partial charge in [0, 0.05) is 17.1 Å². The molecule has 2 nitrogen and oxygen atoms in total. The van der Waals surface area contributed by atoms with E-state index in [0.717, 1.165) is 17.1 Å². The molecule has 0 fully saturated rings. The van der Waals surface area contributed by atoms with Crippen molar-refractivity contribution < 1.29 is 0 Å². The molecule has 2 heterocycles. The smallest absolute Gasteiger partial charge is 0.0654 e. The van der Waals surface area contributed by atoms with Crippen molar-refractivity contribution in [1.29, 1.82) is 0 Å². The Morgan fingerprint density at radius 3 is 2.62 bits per heavy atom. The molecule has 2 heteroatoms. The second kappa shape index (κ2) is 3.05. The molecule has 66 valence electrons. The van der Waals surface area contributed by atoms with Crippen LogP contribution in [0, 0.1) is 6.92 Å². The topological polar surface area (TPSA) is 28.1 Å². The van der Waals surface area contributed by atoms with Gasteiger partial charge in [-0.1, -0.05) is 0 Å². The van der Waals surface area contributed by atoms with Gasteiger partial charge in [-0.2, -0.15) is 0 Å². The average Bonchev–Trinajstić information content (AvgIpc) is 2.62. The minimum atomic E-state index is 1.01. The van der Waals surface area contributed by atoms with Crippen LogP contribution in [-0.4, -0.2) is 10.7 Å².